The highest BCUT2D eigenvalue weighted by molar-refractivity contribution is 5.85. The summed E-state index contributed by atoms with van der Waals surface area (Å²) in [6, 6.07) is 7.43. The second-order valence-electron chi connectivity index (χ2n) is 10.9. The fourth-order valence-electron chi connectivity index (χ4n) is 6.01. The third-order valence-electron chi connectivity index (χ3n) is 8.28. The van der Waals surface area contributed by atoms with Gasteiger partial charge in [-0.2, -0.15) is 4.98 Å². The molecule has 6 rings (SSSR count). The molecule has 13 heteroatoms. The first-order valence-electron chi connectivity index (χ1n) is 13.9. The number of benzene rings is 2. The highest BCUT2D eigenvalue weighted by atomic mass is 35.5. The number of fused-ring (bicyclic) bond motifs is 3. The van der Waals surface area contributed by atoms with Gasteiger partial charge in [-0.25, -0.2) is 18.2 Å². The zero-order chi connectivity index (χ0) is 28.0. The predicted molar refractivity (Wildman–Crippen MR) is 158 cm³/mol. The maximum Gasteiger partial charge on any atom is 0.324 e. The zero-order valence-electron chi connectivity index (χ0n) is 23.4. The van der Waals surface area contributed by atoms with Gasteiger partial charge in [-0.05, 0) is 55.9 Å². The molecule has 2 aromatic carbocycles. The smallest absolute Gasteiger partial charge is 0.324 e. The minimum absolute atomic E-state index is 0. The largest absolute Gasteiger partial charge is 0.490 e. The van der Waals surface area contributed by atoms with Crippen molar-refractivity contribution in [3.05, 3.63) is 65.0 Å². The van der Waals surface area contributed by atoms with Crippen LogP contribution in [0.15, 0.2) is 34.9 Å². The number of ether oxygens (including phenoxy) is 1. The van der Waals surface area contributed by atoms with Crippen LogP contribution >= 0.6 is 24.8 Å². The molecule has 8 nitrogen and oxygen atoms in total. The Labute approximate surface area is 254 Å². The van der Waals surface area contributed by atoms with E-state index in [9.17, 15) is 13.2 Å². The number of aromatic nitrogens is 4. The first-order valence-corrected chi connectivity index (χ1v) is 13.9. The Bertz CT molecular complexity index is 1520. The fourth-order valence-corrected chi connectivity index (χ4v) is 6.01. The lowest BCUT2D eigenvalue weighted by atomic mass is 9.86. The maximum atomic E-state index is 14.5. The van der Waals surface area contributed by atoms with E-state index in [4.69, 9.17) is 20.0 Å². The van der Waals surface area contributed by atoms with E-state index in [0.717, 1.165) is 73.3 Å². The molecule has 42 heavy (non-hydrogen) atoms. The van der Waals surface area contributed by atoms with Gasteiger partial charge in [0.2, 0.25) is 0 Å². The molecule has 228 valence electrons. The van der Waals surface area contributed by atoms with Gasteiger partial charge in [-0.1, -0.05) is 12.1 Å². The number of halogens is 5. The molecular weight excluding hydrogens is 592 g/mol. The molecule has 0 bridgehead atoms. The van der Waals surface area contributed by atoms with Gasteiger partial charge in [0, 0.05) is 56.6 Å². The van der Waals surface area contributed by atoms with Crippen molar-refractivity contribution in [2.75, 3.05) is 18.0 Å². The molecule has 2 aliphatic heterocycles. The number of hydrogen-bond donors (Lipinski definition) is 1. The van der Waals surface area contributed by atoms with Crippen molar-refractivity contribution in [3.8, 4) is 5.75 Å². The molecule has 2 aliphatic rings. The SMILES string of the molecule is CCCc1noc(N2CCC([C@H](C)Oc3ccc4c(c3)nc3n4C[C@H](N)[C@@H](c4cc(F)c(F)cc4F)C3)CC2)n1.Cl.Cl. The van der Waals surface area contributed by atoms with Crippen molar-refractivity contribution >= 4 is 41.9 Å². The molecule has 0 unspecified atom stereocenters. The van der Waals surface area contributed by atoms with Crippen LogP contribution in [0.3, 0.4) is 0 Å². The number of anilines is 1. The van der Waals surface area contributed by atoms with Crippen molar-refractivity contribution in [1.82, 2.24) is 19.7 Å². The third-order valence-corrected chi connectivity index (χ3v) is 8.28. The molecule has 1 saturated heterocycles. The Morgan fingerprint density at radius 1 is 1.05 bits per heavy atom. The summed E-state index contributed by atoms with van der Waals surface area (Å²) in [4.78, 5) is 11.4. The van der Waals surface area contributed by atoms with Crippen molar-refractivity contribution < 1.29 is 22.4 Å². The highest BCUT2D eigenvalue weighted by Crippen LogP contribution is 2.35. The predicted octanol–water partition coefficient (Wildman–Crippen LogP) is 5.98. The van der Waals surface area contributed by atoms with Crippen LogP contribution in [0.1, 0.15) is 56.2 Å². The lowest BCUT2D eigenvalue weighted by Crippen LogP contribution is -2.39. The fraction of sp³-hybridized carbons (Fsp3) is 0.483. The van der Waals surface area contributed by atoms with E-state index in [2.05, 4.69) is 28.9 Å². The molecule has 0 amide bonds. The second kappa shape index (κ2) is 13.1. The van der Waals surface area contributed by atoms with Crippen molar-refractivity contribution in [3.63, 3.8) is 0 Å². The monoisotopic (exact) mass is 626 g/mol. The lowest BCUT2D eigenvalue weighted by Gasteiger charge is -2.33. The van der Waals surface area contributed by atoms with Crippen LogP contribution in [0.25, 0.3) is 11.0 Å². The molecule has 1 fully saturated rings. The van der Waals surface area contributed by atoms with Gasteiger partial charge >= 0.3 is 6.01 Å². The van der Waals surface area contributed by atoms with Crippen molar-refractivity contribution in [2.45, 2.75) is 70.6 Å². The Morgan fingerprint density at radius 3 is 2.52 bits per heavy atom. The summed E-state index contributed by atoms with van der Waals surface area (Å²) < 4.78 is 55.7. The lowest BCUT2D eigenvalue weighted by molar-refractivity contribution is 0.132. The van der Waals surface area contributed by atoms with Crippen LogP contribution < -0.4 is 15.4 Å². The molecule has 0 spiro atoms. The van der Waals surface area contributed by atoms with E-state index in [1.807, 2.05) is 22.8 Å². The summed E-state index contributed by atoms with van der Waals surface area (Å²) in [7, 11) is 0. The highest BCUT2D eigenvalue weighted by Gasteiger charge is 2.32. The molecule has 0 aliphatic carbocycles. The summed E-state index contributed by atoms with van der Waals surface area (Å²) in [6.07, 6.45) is 4.03. The molecule has 0 saturated carbocycles. The second-order valence-corrected chi connectivity index (χ2v) is 10.9. The summed E-state index contributed by atoms with van der Waals surface area (Å²) in [5.41, 5.74) is 8.14. The van der Waals surface area contributed by atoms with E-state index < -0.39 is 29.4 Å². The Kier molecular flexibility index (Phi) is 9.95. The van der Waals surface area contributed by atoms with E-state index >= 15 is 0 Å². The molecule has 2 N–H and O–H groups in total. The quantitative estimate of drug-likeness (QED) is 0.252. The minimum Gasteiger partial charge on any atom is -0.490 e. The van der Waals surface area contributed by atoms with E-state index in [1.54, 1.807) is 0 Å². The van der Waals surface area contributed by atoms with E-state index in [-0.39, 0.29) is 36.5 Å². The number of aryl methyl sites for hydroxylation is 1. The summed E-state index contributed by atoms with van der Waals surface area (Å²) in [5, 5.41) is 4.06. The summed E-state index contributed by atoms with van der Waals surface area (Å²) in [6.45, 7) is 6.24. The summed E-state index contributed by atoms with van der Waals surface area (Å²) in [5.74, 6) is -1.01. The van der Waals surface area contributed by atoms with Crippen LogP contribution in [0, 0.1) is 23.4 Å². The van der Waals surface area contributed by atoms with Gasteiger partial charge in [0.05, 0.1) is 17.1 Å². The number of hydrogen-bond acceptors (Lipinski definition) is 7. The third kappa shape index (κ3) is 6.18. The number of piperidine rings is 1. The molecule has 2 aromatic heterocycles. The molecule has 0 radical (unpaired) electrons. The van der Waals surface area contributed by atoms with Gasteiger partial charge in [-0.3, -0.25) is 0 Å². The zero-order valence-corrected chi connectivity index (χ0v) is 25.1. The minimum atomic E-state index is -1.21. The molecule has 4 aromatic rings. The number of nitrogens with two attached hydrogens (primary N) is 1. The Morgan fingerprint density at radius 2 is 1.79 bits per heavy atom. The van der Waals surface area contributed by atoms with Crippen LogP contribution in [0.2, 0.25) is 0 Å². The van der Waals surface area contributed by atoms with Crippen molar-refractivity contribution in [1.29, 1.82) is 0 Å². The normalized spacial score (nSPS) is 19.6. The van der Waals surface area contributed by atoms with Crippen LogP contribution in [-0.4, -0.2) is 44.9 Å². The number of rotatable bonds is 7. The van der Waals surface area contributed by atoms with Gasteiger partial charge in [0.15, 0.2) is 17.5 Å². The van der Waals surface area contributed by atoms with Crippen LogP contribution in [-0.2, 0) is 19.4 Å². The van der Waals surface area contributed by atoms with Gasteiger partial charge < -0.3 is 24.5 Å². The van der Waals surface area contributed by atoms with E-state index in [0.29, 0.717) is 31.0 Å². The van der Waals surface area contributed by atoms with Gasteiger partial charge in [-0.15, -0.1) is 24.8 Å². The Balaban J connectivity index is 0.00000202. The first kappa shape index (κ1) is 31.9. The molecule has 3 atom stereocenters. The standard InChI is InChI=1S/C29H33F3N6O2.2ClH/c1-3-4-27-35-29(40-36-27)37-9-7-17(8-10-37)16(2)39-18-5-6-26-25(11-18)34-28-13-20(24(33)15-38(26)28)19-12-22(31)23(32)14-21(19)30;;/h5-6,11-12,14,16-17,20,24H,3-4,7-10,13,15,33H2,1-2H3;2*1H/t16-,20+,24-;;/m0../s1. The molecular formula is C29H35Cl2F3N6O2. The number of nitrogens with zero attached hydrogens (tertiary/aromatic N) is 5. The van der Waals surface area contributed by atoms with Gasteiger partial charge in [0.1, 0.15) is 17.4 Å². The van der Waals surface area contributed by atoms with Crippen LogP contribution in [0.4, 0.5) is 19.2 Å². The topological polar surface area (TPSA) is 95.2 Å². The Hall–Kier alpha value is -3.02. The van der Waals surface area contributed by atoms with Crippen molar-refractivity contribution in [2.24, 2.45) is 11.7 Å². The number of imidazole rings is 1. The molecule has 4 heterocycles. The van der Waals surface area contributed by atoms with Gasteiger partial charge in [0.25, 0.3) is 0 Å². The summed E-state index contributed by atoms with van der Waals surface area (Å²) >= 11 is 0. The first-order chi connectivity index (χ1) is 19.3. The van der Waals surface area contributed by atoms with Crippen LogP contribution in [0.5, 0.6) is 5.75 Å². The average molecular weight is 628 g/mol. The van der Waals surface area contributed by atoms with E-state index in [1.165, 1.54) is 0 Å². The maximum absolute atomic E-state index is 14.5. The average Bonchev–Trinajstić information content (AvgIpc) is 3.55.